The van der Waals surface area contributed by atoms with Crippen molar-refractivity contribution in [3.8, 4) is 0 Å². The Bertz CT molecular complexity index is 640. The first-order valence-corrected chi connectivity index (χ1v) is 7.89. The molecule has 3 heteroatoms. The van der Waals surface area contributed by atoms with E-state index >= 15 is 0 Å². The molecule has 0 saturated carbocycles. The van der Waals surface area contributed by atoms with Crippen LogP contribution in [0.1, 0.15) is 56.5 Å². The van der Waals surface area contributed by atoms with Crippen LogP contribution in [-0.2, 0) is 18.9 Å². The van der Waals surface area contributed by atoms with Gasteiger partial charge < -0.3 is 5.32 Å². The summed E-state index contributed by atoms with van der Waals surface area (Å²) in [5, 5.41) is 8.27. The standard InChI is InChI=1S/C18H25N3/c1-5-15-17(12-21(4)20-15)19-16-10-11-18(2,3)14-9-7-6-8-13(14)16/h6-9,12,16,19H,5,10-11H2,1-4H3. The molecule has 0 radical (unpaired) electrons. The summed E-state index contributed by atoms with van der Waals surface area (Å²) in [5.74, 6) is 0. The van der Waals surface area contributed by atoms with Crippen molar-refractivity contribution in [2.24, 2.45) is 7.05 Å². The Hall–Kier alpha value is -1.77. The van der Waals surface area contributed by atoms with E-state index in [0.29, 0.717) is 6.04 Å². The summed E-state index contributed by atoms with van der Waals surface area (Å²) in [4.78, 5) is 0. The van der Waals surface area contributed by atoms with E-state index in [4.69, 9.17) is 0 Å². The summed E-state index contributed by atoms with van der Waals surface area (Å²) in [5.41, 5.74) is 5.53. The third kappa shape index (κ3) is 2.57. The number of aryl methyl sites for hydroxylation is 2. The van der Waals surface area contributed by atoms with E-state index in [9.17, 15) is 0 Å². The molecule has 1 unspecified atom stereocenters. The van der Waals surface area contributed by atoms with Gasteiger partial charge in [0.15, 0.2) is 0 Å². The van der Waals surface area contributed by atoms with Crippen LogP contribution in [-0.4, -0.2) is 9.78 Å². The Kier molecular flexibility index (Phi) is 3.52. The van der Waals surface area contributed by atoms with E-state index in [1.54, 1.807) is 0 Å². The molecule has 3 nitrogen and oxygen atoms in total. The van der Waals surface area contributed by atoms with E-state index in [1.165, 1.54) is 29.7 Å². The van der Waals surface area contributed by atoms with Crippen LogP contribution in [0.2, 0.25) is 0 Å². The normalized spacial score (nSPS) is 20.1. The molecule has 112 valence electrons. The highest BCUT2D eigenvalue weighted by atomic mass is 15.3. The van der Waals surface area contributed by atoms with Gasteiger partial charge in [0.05, 0.1) is 17.4 Å². The lowest BCUT2D eigenvalue weighted by atomic mass is 9.71. The quantitative estimate of drug-likeness (QED) is 0.914. The number of hydrogen-bond donors (Lipinski definition) is 1. The van der Waals surface area contributed by atoms with Gasteiger partial charge in [-0.15, -0.1) is 0 Å². The van der Waals surface area contributed by atoms with Gasteiger partial charge in [-0.3, -0.25) is 4.68 Å². The predicted octanol–water partition coefficient (Wildman–Crippen LogP) is 4.21. The van der Waals surface area contributed by atoms with Crippen molar-refractivity contribution in [2.75, 3.05) is 5.32 Å². The number of fused-ring (bicyclic) bond motifs is 1. The van der Waals surface area contributed by atoms with Crippen LogP contribution in [0.4, 0.5) is 5.69 Å². The van der Waals surface area contributed by atoms with Gasteiger partial charge in [0.2, 0.25) is 0 Å². The average molecular weight is 283 g/mol. The summed E-state index contributed by atoms with van der Waals surface area (Å²) in [7, 11) is 1.99. The number of hydrogen-bond acceptors (Lipinski definition) is 2. The van der Waals surface area contributed by atoms with Gasteiger partial charge in [-0.25, -0.2) is 0 Å². The largest absolute Gasteiger partial charge is 0.375 e. The smallest absolute Gasteiger partial charge is 0.0853 e. The number of nitrogens with one attached hydrogen (secondary N) is 1. The highest BCUT2D eigenvalue weighted by molar-refractivity contribution is 5.51. The SMILES string of the molecule is CCc1nn(C)cc1NC1CCC(C)(C)c2ccccc21. The fraction of sp³-hybridized carbons (Fsp3) is 0.500. The van der Waals surface area contributed by atoms with Gasteiger partial charge >= 0.3 is 0 Å². The first kappa shape index (κ1) is 14.2. The number of rotatable bonds is 3. The summed E-state index contributed by atoms with van der Waals surface area (Å²) < 4.78 is 1.90. The summed E-state index contributed by atoms with van der Waals surface area (Å²) >= 11 is 0. The lowest BCUT2D eigenvalue weighted by Gasteiger charge is -2.37. The zero-order valence-corrected chi connectivity index (χ0v) is 13.5. The molecule has 1 aromatic carbocycles. The van der Waals surface area contributed by atoms with Gasteiger partial charge in [0.1, 0.15) is 0 Å². The molecule has 1 aliphatic carbocycles. The molecule has 0 spiro atoms. The molecule has 0 fully saturated rings. The topological polar surface area (TPSA) is 29.9 Å². The van der Waals surface area contributed by atoms with E-state index < -0.39 is 0 Å². The maximum absolute atomic E-state index is 4.53. The fourth-order valence-corrected chi connectivity index (χ4v) is 3.47. The highest BCUT2D eigenvalue weighted by Gasteiger charge is 2.32. The van der Waals surface area contributed by atoms with Crippen LogP contribution in [0, 0.1) is 0 Å². The summed E-state index contributed by atoms with van der Waals surface area (Å²) in [6, 6.07) is 9.26. The molecule has 0 aliphatic heterocycles. The molecular weight excluding hydrogens is 258 g/mol. The molecular formula is C18H25N3. The predicted molar refractivity (Wildman–Crippen MR) is 87.7 cm³/mol. The molecule has 1 aromatic heterocycles. The van der Waals surface area contributed by atoms with E-state index in [-0.39, 0.29) is 5.41 Å². The van der Waals surface area contributed by atoms with Crippen LogP contribution in [0.5, 0.6) is 0 Å². The summed E-state index contributed by atoms with van der Waals surface area (Å²) in [6.45, 7) is 6.86. The Labute approximate surface area is 127 Å². The Morgan fingerprint density at radius 3 is 2.86 bits per heavy atom. The van der Waals surface area contributed by atoms with Crippen LogP contribution in [0.3, 0.4) is 0 Å². The Balaban J connectivity index is 1.94. The van der Waals surface area contributed by atoms with Crippen LogP contribution in [0.15, 0.2) is 30.5 Å². The van der Waals surface area contributed by atoms with Crippen molar-refractivity contribution >= 4 is 5.69 Å². The minimum absolute atomic E-state index is 0.275. The number of aromatic nitrogens is 2. The first-order valence-electron chi connectivity index (χ1n) is 7.89. The Morgan fingerprint density at radius 2 is 2.10 bits per heavy atom. The van der Waals surface area contributed by atoms with E-state index in [0.717, 1.165) is 12.1 Å². The van der Waals surface area contributed by atoms with Gasteiger partial charge in [-0.05, 0) is 35.8 Å². The molecule has 3 rings (SSSR count). The van der Waals surface area contributed by atoms with Crippen molar-refractivity contribution in [1.29, 1.82) is 0 Å². The molecule has 1 aliphatic rings. The fourth-order valence-electron chi connectivity index (χ4n) is 3.47. The number of benzene rings is 1. The maximum atomic E-state index is 4.53. The average Bonchev–Trinajstić information content (AvgIpc) is 2.82. The first-order chi connectivity index (χ1) is 10.0. The minimum Gasteiger partial charge on any atom is -0.375 e. The molecule has 21 heavy (non-hydrogen) atoms. The lowest BCUT2D eigenvalue weighted by molar-refractivity contribution is 0.406. The molecule has 0 bridgehead atoms. The van der Waals surface area contributed by atoms with E-state index in [2.05, 4.69) is 61.6 Å². The van der Waals surface area contributed by atoms with Crippen LogP contribution in [0.25, 0.3) is 0 Å². The summed E-state index contributed by atoms with van der Waals surface area (Å²) in [6.07, 6.45) is 5.44. The lowest BCUT2D eigenvalue weighted by Crippen LogP contribution is -2.29. The third-order valence-electron chi connectivity index (χ3n) is 4.69. The van der Waals surface area contributed by atoms with Crippen molar-refractivity contribution in [1.82, 2.24) is 9.78 Å². The van der Waals surface area contributed by atoms with Crippen molar-refractivity contribution in [3.05, 3.63) is 47.3 Å². The third-order valence-corrected chi connectivity index (χ3v) is 4.69. The van der Waals surface area contributed by atoms with Crippen molar-refractivity contribution in [3.63, 3.8) is 0 Å². The van der Waals surface area contributed by atoms with Crippen LogP contribution < -0.4 is 5.32 Å². The van der Waals surface area contributed by atoms with Gasteiger partial charge in [-0.1, -0.05) is 45.0 Å². The highest BCUT2D eigenvalue weighted by Crippen LogP contribution is 2.42. The zero-order chi connectivity index (χ0) is 15.0. The number of nitrogens with zero attached hydrogens (tertiary/aromatic N) is 2. The molecule has 1 atom stereocenters. The van der Waals surface area contributed by atoms with E-state index in [1.807, 2.05) is 11.7 Å². The minimum atomic E-state index is 0.275. The van der Waals surface area contributed by atoms with Crippen molar-refractivity contribution in [2.45, 2.75) is 51.5 Å². The number of anilines is 1. The second-order valence-corrected chi connectivity index (χ2v) is 6.72. The molecule has 1 N–H and O–H groups in total. The molecule has 2 aromatic rings. The second kappa shape index (κ2) is 5.21. The van der Waals surface area contributed by atoms with Crippen molar-refractivity contribution < 1.29 is 0 Å². The Morgan fingerprint density at radius 1 is 1.33 bits per heavy atom. The zero-order valence-electron chi connectivity index (χ0n) is 13.5. The second-order valence-electron chi connectivity index (χ2n) is 6.72. The maximum Gasteiger partial charge on any atom is 0.0853 e. The molecule has 1 heterocycles. The monoisotopic (exact) mass is 283 g/mol. The molecule has 0 amide bonds. The van der Waals surface area contributed by atoms with Gasteiger partial charge in [0, 0.05) is 13.2 Å². The van der Waals surface area contributed by atoms with Gasteiger partial charge in [-0.2, -0.15) is 5.10 Å². The van der Waals surface area contributed by atoms with Crippen LogP contribution >= 0.6 is 0 Å². The molecule has 0 saturated heterocycles. The van der Waals surface area contributed by atoms with Gasteiger partial charge in [0.25, 0.3) is 0 Å².